The van der Waals surface area contributed by atoms with Crippen molar-refractivity contribution in [2.24, 2.45) is 0 Å². The molecule has 1 N–H and O–H groups in total. The molecule has 1 amide bonds. The minimum Gasteiger partial charge on any atom is -0.357 e. The van der Waals surface area contributed by atoms with Crippen LogP contribution in [0, 0.1) is 12.3 Å². The molecule has 1 aromatic heterocycles. The Morgan fingerprint density at radius 3 is 3.25 bits per heavy atom. The SMILES string of the molecule is C#CC(=O)Nc1cnn(C2CCCCO2)c1. The van der Waals surface area contributed by atoms with E-state index in [4.69, 9.17) is 11.2 Å². The summed E-state index contributed by atoms with van der Waals surface area (Å²) in [4.78, 5) is 11.0. The zero-order valence-corrected chi connectivity index (χ0v) is 8.85. The summed E-state index contributed by atoms with van der Waals surface area (Å²) in [5.74, 6) is 1.52. The molecule has 0 saturated carbocycles. The van der Waals surface area contributed by atoms with Crippen LogP contribution in [0.25, 0.3) is 0 Å². The minimum atomic E-state index is -0.468. The van der Waals surface area contributed by atoms with Crippen molar-refractivity contribution in [2.45, 2.75) is 25.5 Å². The van der Waals surface area contributed by atoms with Gasteiger partial charge < -0.3 is 10.1 Å². The van der Waals surface area contributed by atoms with Crippen LogP contribution in [0.15, 0.2) is 12.4 Å². The predicted octanol–water partition coefficient (Wildman–Crippen LogP) is 1.15. The van der Waals surface area contributed by atoms with E-state index in [0.717, 1.165) is 25.9 Å². The highest BCUT2D eigenvalue weighted by Crippen LogP contribution is 2.22. The van der Waals surface area contributed by atoms with Crippen molar-refractivity contribution >= 4 is 11.6 Å². The third-order valence-corrected chi connectivity index (χ3v) is 2.44. The smallest absolute Gasteiger partial charge is 0.300 e. The fourth-order valence-electron chi connectivity index (χ4n) is 1.66. The molecule has 0 radical (unpaired) electrons. The van der Waals surface area contributed by atoms with Crippen molar-refractivity contribution < 1.29 is 9.53 Å². The number of ether oxygens (including phenoxy) is 1. The van der Waals surface area contributed by atoms with E-state index in [1.54, 1.807) is 17.1 Å². The average Bonchev–Trinajstić information content (AvgIpc) is 2.78. The highest BCUT2D eigenvalue weighted by molar-refractivity contribution is 6.03. The third kappa shape index (κ3) is 2.41. The largest absolute Gasteiger partial charge is 0.357 e. The predicted molar refractivity (Wildman–Crippen MR) is 58.5 cm³/mol. The molecule has 1 saturated heterocycles. The van der Waals surface area contributed by atoms with Crippen molar-refractivity contribution in [1.82, 2.24) is 9.78 Å². The molecule has 0 bridgehead atoms. The number of nitrogens with one attached hydrogen (secondary N) is 1. The molecule has 1 unspecified atom stereocenters. The summed E-state index contributed by atoms with van der Waals surface area (Å²) in [6, 6.07) is 0. The maximum Gasteiger partial charge on any atom is 0.300 e. The molecule has 0 aliphatic carbocycles. The van der Waals surface area contributed by atoms with E-state index in [0.29, 0.717) is 5.69 Å². The van der Waals surface area contributed by atoms with Crippen LogP contribution in [-0.4, -0.2) is 22.3 Å². The van der Waals surface area contributed by atoms with E-state index >= 15 is 0 Å². The normalized spacial score (nSPS) is 20.1. The number of aromatic nitrogens is 2. The summed E-state index contributed by atoms with van der Waals surface area (Å²) in [7, 11) is 0. The molecule has 1 fully saturated rings. The van der Waals surface area contributed by atoms with Gasteiger partial charge in [0, 0.05) is 6.61 Å². The van der Waals surface area contributed by atoms with Gasteiger partial charge >= 0.3 is 0 Å². The molecular formula is C11H13N3O2. The van der Waals surface area contributed by atoms with Crippen molar-refractivity contribution in [3.05, 3.63) is 12.4 Å². The molecule has 0 aromatic carbocycles. The van der Waals surface area contributed by atoms with E-state index < -0.39 is 5.91 Å². The maximum absolute atomic E-state index is 11.0. The zero-order chi connectivity index (χ0) is 11.4. The number of carbonyl (C=O) groups excluding carboxylic acids is 1. The van der Waals surface area contributed by atoms with Gasteiger partial charge in [-0.05, 0) is 25.2 Å². The second-order valence-electron chi connectivity index (χ2n) is 3.63. The number of nitrogens with zero attached hydrogens (tertiary/aromatic N) is 2. The first kappa shape index (κ1) is 10.7. The second kappa shape index (κ2) is 4.81. The lowest BCUT2D eigenvalue weighted by Gasteiger charge is -2.22. The summed E-state index contributed by atoms with van der Waals surface area (Å²) >= 11 is 0. The Morgan fingerprint density at radius 2 is 2.56 bits per heavy atom. The van der Waals surface area contributed by atoms with Crippen LogP contribution in [0.4, 0.5) is 5.69 Å². The first-order chi connectivity index (χ1) is 7.79. The number of anilines is 1. The van der Waals surface area contributed by atoms with E-state index in [-0.39, 0.29) is 6.23 Å². The first-order valence-electron chi connectivity index (χ1n) is 5.23. The molecule has 2 rings (SSSR count). The minimum absolute atomic E-state index is 0.0229. The third-order valence-electron chi connectivity index (χ3n) is 2.44. The Labute approximate surface area is 93.8 Å². The van der Waals surface area contributed by atoms with Gasteiger partial charge in [0.25, 0.3) is 5.91 Å². The van der Waals surface area contributed by atoms with Gasteiger partial charge in [-0.2, -0.15) is 5.10 Å². The van der Waals surface area contributed by atoms with Gasteiger partial charge in [-0.15, -0.1) is 6.42 Å². The fraction of sp³-hybridized carbons (Fsp3) is 0.455. The quantitative estimate of drug-likeness (QED) is 0.759. The molecule has 5 heteroatoms. The molecule has 1 aliphatic rings. The zero-order valence-electron chi connectivity index (χ0n) is 8.85. The number of terminal acetylenes is 1. The summed E-state index contributed by atoms with van der Waals surface area (Å²) in [6.45, 7) is 0.760. The van der Waals surface area contributed by atoms with E-state index in [1.165, 1.54) is 0 Å². The van der Waals surface area contributed by atoms with Crippen LogP contribution < -0.4 is 5.32 Å². The van der Waals surface area contributed by atoms with E-state index in [2.05, 4.69) is 10.4 Å². The van der Waals surface area contributed by atoms with Crippen LogP contribution in [-0.2, 0) is 9.53 Å². The molecule has 84 valence electrons. The summed E-state index contributed by atoms with van der Waals surface area (Å²) < 4.78 is 7.27. The Morgan fingerprint density at radius 1 is 1.69 bits per heavy atom. The van der Waals surface area contributed by atoms with Gasteiger partial charge in [0.05, 0.1) is 18.1 Å². The number of rotatable bonds is 2. The van der Waals surface area contributed by atoms with E-state index in [1.807, 2.05) is 5.92 Å². The van der Waals surface area contributed by atoms with Crippen LogP contribution >= 0.6 is 0 Å². The molecule has 16 heavy (non-hydrogen) atoms. The topological polar surface area (TPSA) is 56.2 Å². The number of hydrogen-bond donors (Lipinski definition) is 1. The van der Waals surface area contributed by atoms with Crippen LogP contribution in [0.2, 0.25) is 0 Å². The fourth-order valence-corrected chi connectivity index (χ4v) is 1.66. The molecule has 5 nitrogen and oxygen atoms in total. The van der Waals surface area contributed by atoms with Gasteiger partial charge in [-0.3, -0.25) is 4.79 Å². The summed E-state index contributed by atoms with van der Waals surface area (Å²) in [5, 5.41) is 6.67. The lowest BCUT2D eigenvalue weighted by molar-refractivity contribution is -0.111. The molecule has 0 spiro atoms. The van der Waals surface area contributed by atoms with Crippen molar-refractivity contribution in [1.29, 1.82) is 0 Å². The standard InChI is InChI=1S/C11H13N3O2/c1-2-10(15)13-9-7-12-14(8-9)11-5-3-4-6-16-11/h1,7-8,11H,3-6H2,(H,13,15). The monoisotopic (exact) mass is 219 g/mol. The van der Waals surface area contributed by atoms with Gasteiger partial charge in [-0.25, -0.2) is 4.68 Å². The van der Waals surface area contributed by atoms with Crippen molar-refractivity contribution in [3.63, 3.8) is 0 Å². The highest BCUT2D eigenvalue weighted by atomic mass is 16.5. The molecular weight excluding hydrogens is 206 g/mol. The summed E-state index contributed by atoms with van der Waals surface area (Å²) in [6.07, 6.45) is 11.4. The molecule has 1 atom stereocenters. The number of hydrogen-bond acceptors (Lipinski definition) is 3. The summed E-state index contributed by atoms with van der Waals surface area (Å²) in [5.41, 5.74) is 0.595. The van der Waals surface area contributed by atoms with Gasteiger partial charge in [0.15, 0.2) is 0 Å². The second-order valence-corrected chi connectivity index (χ2v) is 3.63. The Kier molecular flexibility index (Phi) is 3.22. The van der Waals surface area contributed by atoms with Crippen LogP contribution in [0.1, 0.15) is 25.5 Å². The van der Waals surface area contributed by atoms with Gasteiger partial charge in [0.1, 0.15) is 6.23 Å². The lowest BCUT2D eigenvalue weighted by atomic mass is 10.2. The van der Waals surface area contributed by atoms with E-state index in [9.17, 15) is 4.79 Å². The lowest BCUT2D eigenvalue weighted by Crippen LogP contribution is -2.18. The maximum atomic E-state index is 11.0. The molecule has 1 aromatic rings. The molecule has 2 heterocycles. The van der Waals surface area contributed by atoms with Crippen LogP contribution in [0.3, 0.4) is 0 Å². The highest BCUT2D eigenvalue weighted by Gasteiger charge is 2.16. The Balaban J connectivity index is 2.01. The number of carbonyl (C=O) groups is 1. The van der Waals surface area contributed by atoms with Gasteiger partial charge in [0.2, 0.25) is 0 Å². The van der Waals surface area contributed by atoms with Crippen molar-refractivity contribution in [2.75, 3.05) is 11.9 Å². The average molecular weight is 219 g/mol. The Bertz CT molecular complexity index is 413. The van der Waals surface area contributed by atoms with Crippen LogP contribution in [0.5, 0.6) is 0 Å². The number of amides is 1. The van der Waals surface area contributed by atoms with Crippen molar-refractivity contribution in [3.8, 4) is 12.3 Å². The Hall–Kier alpha value is -1.80. The van der Waals surface area contributed by atoms with Gasteiger partial charge in [-0.1, -0.05) is 0 Å². The molecule has 1 aliphatic heterocycles. The first-order valence-corrected chi connectivity index (χ1v) is 5.23.